The summed E-state index contributed by atoms with van der Waals surface area (Å²) >= 11 is 0. The van der Waals surface area contributed by atoms with Gasteiger partial charge in [0.15, 0.2) is 0 Å². The average molecular weight is 188 g/mol. The highest BCUT2D eigenvalue weighted by Gasteiger charge is 2.35. The Kier molecular flexibility index (Phi) is 2.03. The van der Waals surface area contributed by atoms with Crippen molar-refractivity contribution in [2.24, 2.45) is 0 Å². The third-order valence-corrected chi connectivity index (χ3v) is 3.55. The topological polar surface area (TPSA) is 24.1 Å². The van der Waals surface area contributed by atoms with E-state index in [4.69, 9.17) is 0 Å². The molecule has 2 nitrogen and oxygen atoms in total. The Morgan fingerprint density at radius 3 is 2.43 bits per heavy atom. The molecule has 0 amide bonds. The van der Waals surface area contributed by atoms with Crippen molar-refractivity contribution in [2.75, 3.05) is 0 Å². The van der Waals surface area contributed by atoms with Crippen molar-refractivity contribution in [3.63, 3.8) is 0 Å². The molecule has 2 heteroatoms. The molecule has 0 unspecified atom stereocenters. The van der Waals surface area contributed by atoms with E-state index in [1.807, 2.05) is 0 Å². The van der Waals surface area contributed by atoms with Gasteiger partial charge in [0.1, 0.15) is 0 Å². The second-order valence-corrected chi connectivity index (χ2v) is 4.42. The van der Waals surface area contributed by atoms with E-state index in [0.29, 0.717) is 12.1 Å². The summed E-state index contributed by atoms with van der Waals surface area (Å²) < 4.78 is 0. The Morgan fingerprint density at radius 1 is 1.00 bits per heavy atom. The number of hydrazine groups is 1. The Labute approximate surface area is 84.7 Å². The van der Waals surface area contributed by atoms with Crippen LogP contribution in [0.15, 0.2) is 30.3 Å². The van der Waals surface area contributed by atoms with Crippen LogP contribution in [0, 0.1) is 0 Å². The lowest BCUT2D eigenvalue weighted by molar-refractivity contribution is 0.164. The minimum Gasteiger partial charge on any atom is -0.254 e. The Morgan fingerprint density at radius 2 is 1.86 bits per heavy atom. The molecule has 1 aromatic rings. The maximum absolute atomic E-state index is 3.42. The van der Waals surface area contributed by atoms with Crippen molar-refractivity contribution in [1.82, 2.24) is 10.9 Å². The molecule has 14 heavy (non-hydrogen) atoms. The molecule has 4 rings (SSSR count). The zero-order valence-corrected chi connectivity index (χ0v) is 8.24. The summed E-state index contributed by atoms with van der Waals surface area (Å²) in [5, 5.41) is 0. The maximum Gasteiger partial charge on any atom is 0.0282 e. The Bertz CT molecular complexity index is 301. The number of rotatable bonds is 1. The second-order valence-electron chi connectivity index (χ2n) is 4.42. The molecule has 2 N–H and O–H groups in total. The van der Waals surface area contributed by atoms with Gasteiger partial charge in [-0.2, -0.15) is 0 Å². The molecule has 74 valence electrons. The monoisotopic (exact) mass is 188 g/mol. The van der Waals surface area contributed by atoms with Crippen LogP contribution in [0.3, 0.4) is 0 Å². The first-order chi connectivity index (χ1) is 6.93. The van der Waals surface area contributed by atoms with E-state index in [-0.39, 0.29) is 0 Å². The lowest BCUT2D eigenvalue weighted by Crippen LogP contribution is -2.59. The third kappa shape index (κ3) is 1.35. The molecular formula is C12H16N2. The van der Waals surface area contributed by atoms with Crippen molar-refractivity contribution < 1.29 is 0 Å². The number of hydrogen-bond acceptors (Lipinski definition) is 2. The van der Waals surface area contributed by atoms with Gasteiger partial charge in [0.05, 0.1) is 0 Å². The van der Waals surface area contributed by atoms with Crippen molar-refractivity contribution in [3.8, 4) is 0 Å². The maximum atomic E-state index is 3.42. The van der Waals surface area contributed by atoms with Crippen LogP contribution in [0.4, 0.5) is 0 Å². The van der Waals surface area contributed by atoms with Gasteiger partial charge in [-0.25, -0.2) is 0 Å². The highest BCUT2D eigenvalue weighted by molar-refractivity contribution is 5.23. The van der Waals surface area contributed by atoms with Crippen LogP contribution in [0.2, 0.25) is 0 Å². The summed E-state index contributed by atoms with van der Waals surface area (Å²) in [4.78, 5) is 0. The van der Waals surface area contributed by atoms with Crippen molar-refractivity contribution in [1.29, 1.82) is 0 Å². The molecule has 2 bridgehead atoms. The van der Waals surface area contributed by atoms with E-state index in [1.54, 1.807) is 0 Å². The minimum absolute atomic E-state index is 0.641. The van der Waals surface area contributed by atoms with Gasteiger partial charge in [-0.05, 0) is 24.8 Å². The number of fused-ring (bicyclic) bond motifs is 3. The first kappa shape index (κ1) is 8.45. The Hall–Kier alpha value is -0.860. The summed E-state index contributed by atoms with van der Waals surface area (Å²) in [6.07, 6.45) is 3.94. The van der Waals surface area contributed by atoms with Crippen LogP contribution in [-0.2, 0) is 0 Å². The van der Waals surface area contributed by atoms with E-state index in [0.717, 1.165) is 5.92 Å². The summed E-state index contributed by atoms with van der Waals surface area (Å²) in [5.74, 6) is 0.719. The Balaban J connectivity index is 1.86. The lowest BCUT2D eigenvalue weighted by atomic mass is 9.76. The number of benzene rings is 1. The van der Waals surface area contributed by atoms with Crippen LogP contribution in [0.5, 0.6) is 0 Å². The fraction of sp³-hybridized carbons (Fsp3) is 0.500. The first-order valence-electron chi connectivity index (χ1n) is 5.49. The molecule has 1 aliphatic carbocycles. The zero-order valence-electron chi connectivity index (χ0n) is 8.24. The molecule has 2 aliphatic heterocycles. The summed E-state index contributed by atoms with van der Waals surface area (Å²) in [7, 11) is 0. The molecule has 3 atom stereocenters. The average Bonchev–Trinajstić information content (AvgIpc) is 2.32. The van der Waals surface area contributed by atoms with Gasteiger partial charge in [-0.1, -0.05) is 30.3 Å². The van der Waals surface area contributed by atoms with Gasteiger partial charge in [0.2, 0.25) is 0 Å². The number of hydrogen-bond donors (Lipinski definition) is 2. The molecule has 0 radical (unpaired) electrons. The predicted molar refractivity (Wildman–Crippen MR) is 56.9 cm³/mol. The van der Waals surface area contributed by atoms with E-state index < -0.39 is 0 Å². The smallest absolute Gasteiger partial charge is 0.0282 e. The molecule has 3 fully saturated rings. The van der Waals surface area contributed by atoms with Gasteiger partial charge >= 0.3 is 0 Å². The SMILES string of the molecule is c1ccc([C@@H]2C[C@H]3CC[C@@H]2NN3)cc1. The molecular weight excluding hydrogens is 172 g/mol. The zero-order chi connectivity index (χ0) is 9.38. The standard InChI is InChI=1S/C12H16N2/c1-2-4-9(5-3-1)11-8-10-6-7-12(11)14-13-10/h1-5,10-14H,6-8H2/t10-,11+,12+/m1/s1. The molecule has 2 heterocycles. The van der Waals surface area contributed by atoms with Gasteiger partial charge in [-0.15, -0.1) is 0 Å². The van der Waals surface area contributed by atoms with Gasteiger partial charge in [0.25, 0.3) is 0 Å². The fourth-order valence-electron chi connectivity index (χ4n) is 2.77. The van der Waals surface area contributed by atoms with E-state index in [1.165, 1.54) is 24.8 Å². The van der Waals surface area contributed by atoms with Crippen LogP contribution >= 0.6 is 0 Å². The first-order valence-corrected chi connectivity index (χ1v) is 5.49. The van der Waals surface area contributed by atoms with Crippen molar-refractivity contribution in [2.45, 2.75) is 37.3 Å². The molecule has 1 saturated carbocycles. The predicted octanol–water partition coefficient (Wildman–Crippen LogP) is 1.80. The van der Waals surface area contributed by atoms with Crippen LogP contribution in [0.25, 0.3) is 0 Å². The second kappa shape index (κ2) is 3.37. The van der Waals surface area contributed by atoms with E-state index in [2.05, 4.69) is 41.2 Å². The van der Waals surface area contributed by atoms with E-state index >= 15 is 0 Å². The number of nitrogens with one attached hydrogen (secondary N) is 2. The normalized spacial score (nSPS) is 35.9. The van der Waals surface area contributed by atoms with Crippen LogP contribution < -0.4 is 10.9 Å². The van der Waals surface area contributed by atoms with Crippen LogP contribution in [0.1, 0.15) is 30.7 Å². The molecule has 0 spiro atoms. The molecule has 0 aromatic heterocycles. The van der Waals surface area contributed by atoms with Crippen LogP contribution in [-0.4, -0.2) is 12.1 Å². The minimum atomic E-state index is 0.641. The molecule has 3 aliphatic rings. The molecule has 1 aromatic carbocycles. The highest BCUT2D eigenvalue weighted by Crippen LogP contribution is 2.35. The largest absolute Gasteiger partial charge is 0.254 e. The lowest BCUT2D eigenvalue weighted by Gasteiger charge is -2.44. The quantitative estimate of drug-likeness (QED) is 0.702. The van der Waals surface area contributed by atoms with Crippen molar-refractivity contribution >= 4 is 0 Å². The molecule has 2 saturated heterocycles. The van der Waals surface area contributed by atoms with Gasteiger partial charge in [-0.3, -0.25) is 10.9 Å². The summed E-state index contributed by atoms with van der Waals surface area (Å²) in [6.45, 7) is 0. The third-order valence-electron chi connectivity index (χ3n) is 3.55. The fourth-order valence-corrected chi connectivity index (χ4v) is 2.77. The highest BCUT2D eigenvalue weighted by atomic mass is 15.4. The van der Waals surface area contributed by atoms with Crippen molar-refractivity contribution in [3.05, 3.63) is 35.9 Å². The summed E-state index contributed by atoms with van der Waals surface area (Å²) in [6, 6.07) is 12.2. The summed E-state index contributed by atoms with van der Waals surface area (Å²) in [5.41, 5.74) is 8.28. The van der Waals surface area contributed by atoms with Gasteiger partial charge < -0.3 is 0 Å². The van der Waals surface area contributed by atoms with Gasteiger partial charge in [0, 0.05) is 18.0 Å². The van der Waals surface area contributed by atoms with E-state index in [9.17, 15) is 0 Å².